The van der Waals surface area contributed by atoms with E-state index in [1.54, 1.807) is 29.9 Å². The van der Waals surface area contributed by atoms with Gasteiger partial charge in [-0.1, -0.05) is 0 Å². The van der Waals surface area contributed by atoms with E-state index in [-0.39, 0.29) is 5.52 Å². The lowest BCUT2D eigenvalue weighted by Gasteiger charge is -2.10. The molecule has 0 amide bonds. The van der Waals surface area contributed by atoms with Gasteiger partial charge in [-0.3, -0.25) is 0 Å². The highest BCUT2D eigenvalue weighted by Crippen LogP contribution is 2.32. The SMILES string of the molecule is CC(N)c1nc2cc(C(F)(F)F)ccc2n1Cc1ccco1. The van der Waals surface area contributed by atoms with Crippen LogP contribution in [-0.2, 0) is 12.7 Å². The zero-order chi connectivity index (χ0) is 15.9. The summed E-state index contributed by atoms with van der Waals surface area (Å²) in [5.41, 5.74) is 6.04. The summed E-state index contributed by atoms with van der Waals surface area (Å²) in [6.07, 6.45) is -2.85. The smallest absolute Gasteiger partial charge is 0.416 e. The van der Waals surface area contributed by atoms with Crippen LogP contribution >= 0.6 is 0 Å². The van der Waals surface area contributed by atoms with Crippen molar-refractivity contribution in [3.05, 3.63) is 53.7 Å². The first-order chi connectivity index (χ1) is 10.4. The van der Waals surface area contributed by atoms with Gasteiger partial charge in [0, 0.05) is 0 Å². The van der Waals surface area contributed by atoms with E-state index in [4.69, 9.17) is 10.2 Å². The molecule has 0 saturated carbocycles. The Bertz CT molecular complexity index is 788. The van der Waals surface area contributed by atoms with Crippen molar-refractivity contribution < 1.29 is 17.6 Å². The van der Waals surface area contributed by atoms with Crippen LogP contribution in [0.15, 0.2) is 41.0 Å². The van der Waals surface area contributed by atoms with Crippen molar-refractivity contribution in [1.82, 2.24) is 9.55 Å². The summed E-state index contributed by atoms with van der Waals surface area (Å²) in [5.74, 6) is 1.20. The Morgan fingerprint density at radius 3 is 2.68 bits per heavy atom. The molecule has 0 saturated heterocycles. The molecule has 1 atom stereocenters. The lowest BCUT2D eigenvalue weighted by atomic mass is 10.2. The lowest BCUT2D eigenvalue weighted by Crippen LogP contribution is -2.14. The Kier molecular flexibility index (Phi) is 3.44. The summed E-state index contributed by atoms with van der Waals surface area (Å²) in [7, 11) is 0. The van der Waals surface area contributed by atoms with Crippen molar-refractivity contribution >= 4 is 11.0 Å². The molecule has 0 aliphatic carbocycles. The second-order valence-electron chi connectivity index (χ2n) is 5.13. The first kappa shape index (κ1) is 14.6. The number of hydrogen-bond donors (Lipinski definition) is 1. The van der Waals surface area contributed by atoms with Crippen LogP contribution in [0.1, 0.15) is 30.1 Å². The van der Waals surface area contributed by atoms with E-state index in [2.05, 4.69) is 4.98 Å². The van der Waals surface area contributed by atoms with Crippen LogP contribution in [0, 0.1) is 0 Å². The van der Waals surface area contributed by atoms with E-state index >= 15 is 0 Å². The van der Waals surface area contributed by atoms with E-state index in [9.17, 15) is 13.2 Å². The molecule has 2 N–H and O–H groups in total. The van der Waals surface area contributed by atoms with Gasteiger partial charge in [0.15, 0.2) is 0 Å². The predicted molar refractivity (Wildman–Crippen MR) is 75.1 cm³/mol. The number of aromatic nitrogens is 2. The van der Waals surface area contributed by atoms with E-state index in [1.807, 2.05) is 0 Å². The number of hydrogen-bond acceptors (Lipinski definition) is 3. The Hall–Kier alpha value is -2.28. The quantitative estimate of drug-likeness (QED) is 0.802. The lowest BCUT2D eigenvalue weighted by molar-refractivity contribution is -0.137. The highest BCUT2D eigenvalue weighted by atomic mass is 19.4. The number of rotatable bonds is 3. The molecule has 1 aromatic carbocycles. The fourth-order valence-electron chi connectivity index (χ4n) is 2.40. The second-order valence-corrected chi connectivity index (χ2v) is 5.13. The zero-order valence-electron chi connectivity index (χ0n) is 11.8. The number of furan rings is 1. The molecule has 4 nitrogen and oxygen atoms in total. The average Bonchev–Trinajstić information content (AvgIpc) is 3.06. The molecular formula is C15H14F3N3O. The third kappa shape index (κ3) is 2.59. The Labute approximate surface area is 124 Å². The molecule has 0 bridgehead atoms. The molecule has 0 aliphatic heterocycles. The van der Waals surface area contributed by atoms with E-state index < -0.39 is 17.8 Å². The minimum absolute atomic E-state index is 0.272. The van der Waals surface area contributed by atoms with Gasteiger partial charge in [-0.15, -0.1) is 0 Å². The molecule has 2 aromatic heterocycles. The number of benzene rings is 1. The molecular weight excluding hydrogens is 295 g/mol. The highest BCUT2D eigenvalue weighted by molar-refractivity contribution is 5.77. The van der Waals surface area contributed by atoms with Crippen molar-refractivity contribution in [1.29, 1.82) is 0 Å². The molecule has 0 aliphatic rings. The van der Waals surface area contributed by atoms with Gasteiger partial charge in [-0.25, -0.2) is 4.98 Å². The molecule has 2 heterocycles. The van der Waals surface area contributed by atoms with Crippen LogP contribution in [0.2, 0.25) is 0 Å². The predicted octanol–water partition coefficient (Wildman–Crippen LogP) is 3.72. The van der Waals surface area contributed by atoms with Crippen LogP contribution in [0.3, 0.4) is 0 Å². The third-order valence-electron chi connectivity index (χ3n) is 3.41. The summed E-state index contributed by atoms with van der Waals surface area (Å²) in [5, 5.41) is 0. The molecule has 1 unspecified atom stereocenters. The summed E-state index contributed by atoms with van der Waals surface area (Å²) in [4.78, 5) is 4.26. The molecule has 3 aromatic rings. The maximum absolute atomic E-state index is 12.8. The normalized spacial score (nSPS) is 13.7. The van der Waals surface area contributed by atoms with Crippen molar-refractivity contribution in [2.75, 3.05) is 0 Å². The molecule has 0 fully saturated rings. The standard InChI is InChI=1S/C15H14F3N3O/c1-9(19)14-20-12-7-10(15(16,17)18)4-5-13(12)21(14)8-11-3-2-6-22-11/h2-7,9H,8,19H2,1H3. The monoisotopic (exact) mass is 309 g/mol. The van der Waals surface area contributed by atoms with Gasteiger partial charge in [-0.05, 0) is 37.3 Å². The summed E-state index contributed by atoms with van der Waals surface area (Å²) >= 11 is 0. The third-order valence-corrected chi connectivity index (χ3v) is 3.41. The van der Waals surface area contributed by atoms with E-state index in [0.29, 0.717) is 23.6 Å². The first-order valence-electron chi connectivity index (χ1n) is 6.71. The second kappa shape index (κ2) is 5.17. The highest BCUT2D eigenvalue weighted by Gasteiger charge is 2.31. The van der Waals surface area contributed by atoms with Gasteiger partial charge in [0.1, 0.15) is 11.6 Å². The fraction of sp³-hybridized carbons (Fsp3) is 0.267. The van der Waals surface area contributed by atoms with Gasteiger partial charge in [0.25, 0.3) is 0 Å². The Morgan fingerprint density at radius 1 is 1.32 bits per heavy atom. The Balaban J connectivity index is 2.14. The fourth-order valence-corrected chi connectivity index (χ4v) is 2.40. The van der Waals surface area contributed by atoms with E-state index in [1.165, 1.54) is 6.07 Å². The van der Waals surface area contributed by atoms with Gasteiger partial charge < -0.3 is 14.7 Å². The van der Waals surface area contributed by atoms with Gasteiger partial charge >= 0.3 is 6.18 Å². The van der Waals surface area contributed by atoms with E-state index in [0.717, 1.165) is 12.1 Å². The van der Waals surface area contributed by atoms with Crippen LogP contribution in [0.5, 0.6) is 0 Å². The summed E-state index contributed by atoms with van der Waals surface area (Å²) in [6.45, 7) is 2.11. The van der Waals surface area contributed by atoms with Gasteiger partial charge in [0.05, 0.1) is 35.4 Å². The Morgan fingerprint density at radius 2 is 2.09 bits per heavy atom. The van der Waals surface area contributed by atoms with Crippen molar-refractivity contribution in [2.24, 2.45) is 5.73 Å². The van der Waals surface area contributed by atoms with Crippen molar-refractivity contribution in [3.63, 3.8) is 0 Å². The van der Waals surface area contributed by atoms with Crippen molar-refractivity contribution in [2.45, 2.75) is 25.7 Å². The maximum atomic E-state index is 12.8. The van der Waals surface area contributed by atoms with Crippen molar-refractivity contribution in [3.8, 4) is 0 Å². The van der Waals surface area contributed by atoms with Gasteiger partial charge in [-0.2, -0.15) is 13.2 Å². The number of imidazole rings is 1. The minimum atomic E-state index is -4.40. The van der Waals surface area contributed by atoms with Crippen LogP contribution in [-0.4, -0.2) is 9.55 Å². The molecule has 0 radical (unpaired) electrons. The summed E-state index contributed by atoms with van der Waals surface area (Å²) < 4.78 is 45.5. The minimum Gasteiger partial charge on any atom is -0.467 e. The largest absolute Gasteiger partial charge is 0.467 e. The number of nitrogens with zero attached hydrogens (tertiary/aromatic N) is 2. The molecule has 22 heavy (non-hydrogen) atoms. The average molecular weight is 309 g/mol. The number of nitrogens with two attached hydrogens (primary N) is 1. The number of fused-ring (bicyclic) bond motifs is 1. The topological polar surface area (TPSA) is 57.0 Å². The van der Waals surface area contributed by atoms with Crippen LogP contribution in [0.4, 0.5) is 13.2 Å². The molecule has 0 spiro atoms. The van der Waals surface area contributed by atoms with Crippen LogP contribution < -0.4 is 5.73 Å². The molecule has 116 valence electrons. The van der Waals surface area contributed by atoms with Crippen LogP contribution in [0.25, 0.3) is 11.0 Å². The van der Waals surface area contributed by atoms with Gasteiger partial charge in [0.2, 0.25) is 0 Å². The zero-order valence-corrected chi connectivity index (χ0v) is 11.8. The number of alkyl halides is 3. The molecule has 3 rings (SSSR count). The maximum Gasteiger partial charge on any atom is 0.416 e. The summed E-state index contributed by atoms with van der Waals surface area (Å²) in [6, 6.07) is 6.65. The number of halogens is 3. The molecule has 7 heteroatoms. The first-order valence-corrected chi connectivity index (χ1v) is 6.71.